The van der Waals surface area contributed by atoms with E-state index in [2.05, 4.69) is 5.32 Å². The third-order valence-corrected chi connectivity index (χ3v) is 3.71. The van der Waals surface area contributed by atoms with Gasteiger partial charge in [-0.1, -0.05) is 26.2 Å². The van der Waals surface area contributed by atoms with Crippen molar-refractivity contribution in [3.63, 3.8) is 0 Å². The number of anilines is 1. The molecule has 1 aliphatic rings. The highest BCUT2D eigenvalue weighted by atomic mass is 19.1. The van der Waals surface area contributed by atoms with Gasteiger partial charge in [0.25, 0.3) is 0 Å². The van der Waals surface area contributed by atoms with Gasteiger partial charge in [0, 0.05) is 11.5 Å². The predicted molar refractivity (Wildman–Crippen MR) is 67.9 cm³/mol. The van der Waals surface area contributed by atoms with Crippen LogP contribution in [0.2, 0.25) is 0 Å². The summed E-state index contributed by atoms with van der Waals surface area (Å²) < 4.78 is 13.5. The van der Waals surface area contributed by atoms with Crippen LogP contribution in [0.25, 0.3) is 0 Å². The maximum atomic E-state index is 13.5. The van der Waals surface area contributed by atoms with Crippen molar-refractivity contribution < 1.29 is 14.3 Å². The third-order valence-electron chi connectivity index (χ3n) is 3.71. The Labute approximate surface area is 106 Å². The number of carbonyl (C=O) groups excluding carboxylic acids is 1. The molecule has 98 valence electrons. The van der Waals surface area contributed by atoms with E-state index >= 15 is 0 Å². The fraction of sp³-hybridized carbons (Fsp3) is 0.500. The summed E-state index contributed by atoms with van der Waals surface area (Å²) in [7, 11) is 0. The summed E-state index contributed by atoms with van der Waals surface area (Å²) in [5.41, 5.74) is -0.271. The molecule has 4 heteroatoms. The molecular weight excluding hydrogens is 233 g/mol. The number of phenolic OH excluding ortho intramolecular Hbond substituents is 1. The van der Waals surface area contributed by atoms with Gasteiger partial charge in [-0.2, -0.15) is 0 Å². The van der Waals surface area contributed by atoms with E-state index in [0.29, 0.717) is 0 Å². The first-order valence-corrected chi connectivity index (χ1v) is 6.31. The minimum atomic E-state index is -0.609. The maximum Gasteiger partial charge on any atom is 0.230 e. The highest BCUT2D eigenvalue weighted by Gasteiger charge is 2.34. The standard InChI is InChI=1S/C14H18FNO2/c1-14(7-3-2-4-8-14)13(18)16-12-6-5-10(17)9-11(12)15/h5-6,9,17H,2-4,7-8H2,1H3,(H,16,18). The van der Waals surface area contributed by atoms with Crippen LogP contribution in [0.4, 0.5) is 10.1 Å². The molecule has 0 bridgehead atoms. The van der Waals surface area contributed by atoms with E-state index < -0.39 is 11.2 Å². The van der Waals surface area contributed by atoms with E-state index in [1.807, 2.05) is 6.92 Å². The summed E-state index contributed by atoms with van der Waals surface area (Å²) >= 11 is 0. The van der Waals surface area contributed by atoms with Gasteiger partial charge in [-0.15, -0.1) is 0 Å². The number of carbonyl (C=O) groups is 1. The first kappa shape index (κ1) is 12.9. The molecule has 3 nitrogen and oxygen atoms in total. The van der Waals surface area contributed by atoms with Crippen LogP contribution in [0.5, 0.6) is 5.75 Å². The molecule has 1 saturated carbocycles. The van der Waals surface area contributed by atoms with Crippen LogP contribution in [0.3, 0.4) is 0 Å². The molecule has 2 rings (SSSR count). The third kappa shape index (κ3) is 2.63. The minimum Gasteiger partial charge on any atom is -0.508 e. The second-order valence-corrected chi connectivity index (χ2v) is 5.24. The van der Waals surface area contributed by atoms with Gasteiger partial charge in [-0.05, 0) is 25.0 Å². The smallest absolute Gasteiger partial charge is 0.230 e. The molecule has 1 fully saturated rings. The maximum absolute atomic E-state index is 13.5. The number of phenols is 1. The fourth-order valence-electron chi connectivity index (χ4n) is 2.44. The number of rotatable bonds is 2. The van der Waals surface area contributed by atoms with Crippen LogP contribution < -0.4 is 5.32 Å². The van der Waals surface area contributed by atoms with Crippen molar-refractivity contribution in [1.29, 1.82) is 0 Å². The molecule has 0 unspecified atom stereocenters. The van der Waals surface area contributed by atoms with Gasteiger partial charge in [0.2, 0.25) is 5.91 Å². The summed E-state index contributed by atoms with van der Waals surface area (Å²) in [6, 6.07) is 3.75. The highest BCUT2D eigenvalue weighted by Crippen LogP contribution is 2.37. The van der Waals surface area contributed by atoms with E-state index in [-0.39, 0.29) is 17.3 Å². The number of benzene rings is 1. The molecular formula is C14H18FNO2. The van der Waals surface area contributed by atoms with E-state index in [0.717, 1.165) is 38.2 Å². The molecule has 1 aromatic rings. The number of amides is 1. The number of nitrogens with one attached hydrogen (secondary N) is 1. The van der Waals surface area contributed by atoms with Crippen LogP contribution in [0.15, 0.2) is 18.2 Å². The van der Waals surface area contributed by atoms with Crippen LogP contribution >= 0.6 is 0 Å². The number of hydrogen-bond donors (Lipinski definition) is 2. The predicted octanol–water partition coefficient (Wildman–Crippen LogP) is 3.44. The van der Waals surface area contributed by atoms with Crippen molar-refractivity contribution in [2.75, 3.05) is 5.32 Å². The topological polar surface area (TPSA) is 49.3 Å². The Morgan fingerprint density at radius 3 is 2.61 bits per heavy atom. The lowest BCUT2D eigenvalue weighted by Gasteiger charge is -2.32. The lowest BCUT2D eigenvalue weighted by Crippen LogP contribution is -2.35. The van der Waals surface area contributed by atoms with Gasteiger partial charge >= 0.3 is 0 Å². The van der Waals surface area contributed by atoms with Crippen LogP contribution in [-0.2, 0) is 4.79 Å². The molecule has 0 saturated heterocycles. The molecule has 1 amide bonds. The van der Waals surface area contributed by atoms with Gasteiger partial charge in [-0.25, -0.2) is 4.39 Å². The monoisotopic (exact) mass is 251 g/mol. The van der Waals surface area contributed by atoms with E-state index in [1.165, 1.54) is 12.1 Å². The van der Waals surface area contributed by atoms with Crippen molar-refractivity contribution in [2.24, 2.45) is 5.41 Å². The van der Waals surface area contributed by atoms with E-state index in [4.69, 9.17) is 5.11 Å². The summed E-state index contributed by atoms with van der Waals surface area (Å²) in [5, 5.41) is 11.7. The zero-order valence-corrected chi connectivity index (χ0v) is 10.5. The average Bonchev–Trinajstić information content (AvgIpc) is 2.33. The molecule has 2 N–H and O–H groups in total. The number of halogens is 1. The quantitative estimate of drug-likeness (QED) is 0.791. The SMILES string of the molecule is CC1(C(=O)Nc2ccc(O)cc2F)CCCCC1. The van der Waals surface area contributed by atoms with Gasteiger partial charge in [0.05, 0.1) is 5.69 Å². The number of hydrogen-bond acceptors (Lipinski definition) is 2. The summed E-state index contributed by atoms with van der Waals surface area (Å²) in [6.45, 7) is 1.93. The van der Waals surface area contributed by atoms with Gasteiger partial charge < -0.3 is 10.4 Å². The fourth-order valence-corrected chi connectivity index (χ4v) is 2.44. The Morgan fingerprint density at radius 1 is 1.33 bits per heavy atom. The van der Waals surface area contributed by atoms with Crippen LogP contribution in [-0.4, -0.2) is 11.0 Å². The lowest BCUT2D eigenvalue weighted by molar-refractivity contribution is -0.126. The summed E-state index contributed by atoms with van der Waals surface area (Å²) in [4.78, 5) is 12.2. The first-order chi connectivity index (χ1) is 8.51. The van der Waals surface area contributed by atoms with Crippen molar-refractivity contribution >= 4 is 11.6 Å². The van der Waals surface area contributed by atoms with Gasteiger partial charge in [0.1, 0.15) is 11.6 Å². The average molecular weight is 251 g/mol. The molecule has 0 heterocycles. The Bertz CT molecular complexity index is 453. The largest absolute Gasteiger partial charge is 0.508 e. The van der Waals surface area contributed by atoms with E-state index in [9.17, 15) is 9.18 Å². The molecule has 0 aliphatic heterocycles. The van der Waals surface area contributed by atoms with Crippen molar-refractivity contribution in [3.05, 3.63) is 24.0 Å². The Hall–Kier alpha value is -1.58. The zero-order valence-electron chi connectivity index (χ0n) is 10.5. The first-order valence-electron chi connectivity index (χ1n) is 6.31. The molecule has 0 atom stereocenters. The zero-order chi connectivity index (χ0) is 13.2. The second kappa shape index (κ2) is 4.96. The molecule has 0 spiro atoms. The lowest BCUT2D eigenvalue weighted by atomic mass is 9.75. The minimum absolute atomic E-state index is 0.129. The second-order valence-electron chi connectivity index (χ2n) is 5.24. The van der Waals surface area contributed by atoms with Crippen LogP contribution in [0, 0.1) is 11.2 Å². The Kier molecular flexibility index (Phi) is 3.55. The molecule has 0 radical (unpaired) electrons. The molecule has 0 aromatic heterocycles. The normalized spacial score (nSPS) is 18.3. The van der Waals surface area contributed by atoms with E-state index in [1.54, 1.807) is 0 Å². The van der Waals surface area contributed by atoms with Gasteiger partial charge in [0.15, 0.2) is 0 Å². The van der Waals surface area contributed by atoms with Crippen LogP contribution in [0.1, 0.15) is 39.0 Å². The van der Waals surface area contributed by atoms with Crippen molar-refractivity contribution in [3.8, 4) is 5.75 Å². The summed E-state index contributed by atoms with van der Waals surface area (Å²) in [6.07, 6.45) is 4.94. The van der Waals surface area contributed by atoms with Gasteiger partial charge in [-0.3, -0.25) is 4.79 Å². The Morgan fingerprint density at radius 2 is 2.00 bits per heavy atom. The molecule has 1 aliphatic carbocycles. The summed E-state index contributed by atoms with van der Waals surface area (Å²) in [5.74, 6) is -0.885. The molecule has 18 heavy (non-hydrogen) atoms. The van der Waals surface area contributed by atoms with Crippen molar-refractivity contribution in [1.82, 2.24) is 0 Å². The highest BCUT2D eigenvalue weighted by molar-refractivity contribution is 5.95. The van der Waals surface area contributed by atoms with Crippen molar-refractivity contribution in [2.45, 2.75) is 39.0 Å². The Balaban J connectivity index is 2.11. The molecule has 1 aromatic carbocycles. The number of aromatic hydroxyl groups is 1.